The minimum atomic E-state index is -0.933. The Morgan fingerprint density at radius 2 is 1.12 bits per heavy atom. The van der Waals surface area contributed by atoms with E-state index in [4.69, 9.17) is 0 Å². The molecule has 0 amide bonds. The van der Waals surface area contributed by atoms with E-state index in [1.54, 1.807) is 0 Å². The Kier molecular flexibility index (Phi) is 20.7. The zero-order chi connectivity index (χ0) is 10.7. The molecule has 0 unspecified atom stereocenters. The molecule has 0 aromatic rings. The van der Waals surface area contributed by atoms with Crippen molar-refractivity contribution in [3.63, 3.8) is 0 Å². The Balaban J connectivity index is -0.000000240. The zero-order valence-corrected chi connectivity index (χ0v) is 19.8. The van der Waals surface area contributed by atoms with Crippen molar-refractivity contribution in [2.75, 3.05) is 0 Å². The molecule has 0 heterocycles. The van der Waals surface area contributed by atoms with Crippen molar-refractivity contribution in [3.05, 3.63) is 0 Å². The van der Waals surface area contributed by atoms with Crippen LogP contribution in [-0.4, -0.2) is 33.5 Å². The minimum absolute atomic E-state index is 0. The molecular formula is C10H21AlBr4Mg. The standard InChI is InChI=1S/C10H21.Al.4BrH.Mg/c1-6-10(7-2,8-3)9(4)5;;;;;;/h6-8H2,1-5H3;;4*1H;/q;+2;;;;;+2/p-4. The van der Waals surface area contributed by atoms with Crippen LogP contribution in [0.25, 0.3) is 0 Å². The third-order valence-corrected chi connectivity index (χ3v) is 12.5. The predicted molar refractivity (Wildman–Crippen MR) is 76.7 cm³/mol. The van der Waals surface area contributed by atoms with Crippen molar-refractivity contribution in [2.45, 2.75) is 58.2 Å². The van der Waals surface area contributed by atoms with Gasteiger partial charge < -0.3 is 34.0 Å². The van der Waals surface area contributed by atoms with Crippen LogP contribution in [0.15, 0.2) is 0 Å². The van der Waals surface area contributed by atoms with Gasteiger partial charge in [-0.3, -0.25) is 0 Å². The molecule has 0 rings (SSSR count). The second-order valence-corrected chi connectivity index (χ2v) is 15.6. The van der Waals surface area contributed by atoms with Gasteiger partial charge in [0.25, 0.3) is 0 Å². The predicted octanol–water partition coefficient (Wildman–Crippen LogP) is -1.11. The first-order valence-corrected chi connectivity index (χ1v) is 12.1. The summed E-state index contributed by atoms with van der Waals surface area (Å²) in [5, 5.41) is 0. The smallest absolute Gasteiger partial charge is 1.00 e. The van der Waals surface area contributed by atoms with E-state index in [9.17, 15) is 0 Å². The van der Waals surface area contributed by atoms with E-state index in [0.29, 0.717) is 9.69 Å². The van der Waals surface area contributed by atoms with Crippen LogP contribution in [0.4, 0.5) is 0 Å². The summed E-state index contributed by atoms with van der Waals surface area (Å²) in [5.41, 5.74) is 0.511. The maximum atomic E-state index is 3.81. The monoisotopic (exact) mass is 508 g/mol. The Morgan fingerprint density at radius 1 is 0.875 bits per heavy atom. The fraction of sp³-hybridized carbons (Fsp3) is 1.00. The zero-order valence-electron chi connectivity index (χ0n) is 10.9. The first kappa shape index (κ1) is 27.5. The summed E-state index contributed by atoms with van der Waals surface area (Å²) < 4.78 is 0.436. The molecule has 0 N–H and O–H groups in total. The molecule has 16 heavy (non-hydrogen) atoms. The fourth-order valence-corrected chi connectivity index (χ4v) is 6.34. The summed E-state index contributed by atoms with van der Waals surface area (Å²) in [7, 11) is -0.933. The summed E-state index contributed by atoms with van der Waals surface area (Å²) in [6.45, 7) is 11.8. The van der Waals surface area contributed by atoms with Crippen molar-refractivity contribution >= 4 is 61.7 Å². The molecule has 0 aliphatic rings. The van der Waals surface area contributed by atoms with E-state index in [0.717, 1.165) is 0 Å². The van der Waals surface area contributed by atoms with E-state index in [-0.39, 0.29) is 57.0 Å². The summed E-state index contributed by atoms with van der Waals surface area (Å²) in [6.07, 6.45) is 3.86. The topological polar surface area (TPSA) is 0 Å². The van der Waals surface area contributed by atoms with E-state index < -0.39 is 10.5 Å². The molecule has 0 fully saturated rings. The van der Waals surface area contributed by atoms with Gasteiger partial charge in [-0.05, 0) is 9.69 Å². The average Bonchev–Trinajstić information content (AvgIpc) is 2.08. The van der Waals surface area contributed by atoms with E-state index in [2.05, 4.69) is 62.7 Å². The molecule has 0 radical (unpaired) electrons. The Morgan fingerprint density at radius 3 is 1.19 bits per heavy atom. The molecule has 0 bridgehead atoms. The van der Waals surface area contributed by atoms with Crippen molar-refractivity contribution in [2.24, 2.45) is 5.41 Å². The van der Waals surface area contributed by atoms with Gasteiger partial charge in [-0.15, -0.1) is 0 Å². The average molecular weight is 512 g/mol. The number of halogens is 4. The van der Waals surface area contributed by atoms with Gasteiger partial charge in [0, 0.05) is 0 Å². The first-order chi connectivity index (χ1) is 5.88. The van der Waals surface area contributed by atoms with Gasteiger partial charge >= 0.3 is 33.5 Å². The SMILES string of the molecule is CCC(CC)(CC)[C](C)(C)[Al]([Br])[Br].[Br-].[Br-].[Mg+2]. The van der Waals surface area contributed by atoms with Crippen LogP contribution in [0.3, 0.4) is 0 Å². The van der Waals surface area contributed by atoms with Crippen LogP contribution in [0, 0.1) is 5.41 Å². The molecule has 0 aromatic heterocycles. The number of hydrogen-bond acceptors (Lipinski definition) is 0. The molecule has 0 aliphatic heterocycles. The maximum Gasteiger partial charge on any atom is 2.00 e. The quantitative estimate of drug-likeness (QED) is 0.411. The first-order valence-electron chi connectivity index (χ1n) is 5.16. The van der Waals surface area contributed by atoms with Crippen LogP contribution < -0.4 is 34.0 Å². The van der Waals surface area contributed by atoms with E-state index in [1.165, 1.54) is 19.3 Å². The third-order valence-electron chi connectivity index (χ3n) is 3.94. The van der Waals surface area contributed by atoms with Crippen LogP contribution in [0.5, 0.6) is 0 Å². The van der Waals surface area contributed by atoms with Gasteiger partial charge in [0.1, 0.15) is 0 Å². The Bertz CT molecular complexity index is 153. The second-order valence-electron chi connectivity index (χ2n) is 4.36. The largest absolute Gasteiger partial charge is 2.00 e. The van der Waals surface area contributed by atoms with Crippen molar-refractivity contribution < 1.29 is 34.0 Å². The molecule has 0 spiro atoms. The Labute approximate surface area is 157 Å². The Hall–Kier alpha value is 3.22. The van der Waals surface area contributed by atoms with Crippen LogP contribution in [-0.2, 0) is 0 Å². The molecule has 0 aliphatic carbocycles. The van der Waals surface area contributed by atoms with Gasteiger partial charge in [0.2, 0.25) is 0 Å². The maximum absolute atomic E-state index is 3.81. The van der Waals surface area contributed by atoms with Gasteiger partial charge in [-0.25, -0.2) is 0 Å². The molecule has 0 atom stereocenters. The summed E-state index contributed by atoms with van der Waals surface area (Å²) in [4.78, 5) is 0. The van der Waals surface area contributed by atoms with Crippen molar-refractivity contribution in [1.82, 2.24) is 0 Å². The van der Waals surface area contributed by atoms with E-state index in [1.807, 2.05) is 0 Å². The number of hydrogen-bond donors (Lipinski definition) is 0. The third kappa shape index (κ3) is 6.11. The van der Waals surface area contributed by atoms with E-state index >= 15 is 0 Å². The molecule has 0 aromatic carbocycles. The van der Waals surface area contributed by atoms with Crippen LogP contribution >= 0.6 is 28.1 Å². The molecular weight excluding hydrogens is 491 g/mol. The second kappa shape index (κ2) is 12.0. The molecule has 94 valence electrons. The number of rotatable bonds is 5. The van der Waals surface area contributed by atoms with Crippen LogP contribution in [0.1, 0.15) is 53.9 Å². The molecule has 0 saturated heterocycles. The molecule has 6 heteroatoms. The van der Waals surface area contributed by atoms with Gasteiger partial charge in [-0.2, -0.15) is 28.1 Å². The van der Waals surface area contributed by atoms with Gasteiger partial charge in [0.15, 0.2) is 0 Å². The van der Waals surface area contributed by atoms with Crippen molar-refractivity contribution in [1.29, 1.82) is 0 Å². The van der Waals surface area contributed by atoms with Gasteiger partial charge in [0.05, 0.1) is 0 Å². The summed E-state index contributed by atoms with van der Waals surface area (Å²) in [6, 6.07) is 0. The van der Waals surface area contributed by atoms with Gasteiger partial charge in [-0.1, -0.05) is 53.9 Å². The molecule has 0 saturated carbocycles. The fourth-order valence-electron chi connectivity index (χ4n) is 2.35. The van der Waals surface area contributed by atoms with Crippen molar-refractivity contribution in [3.8, 4) is 0 Å². The van der Waals surface area contributed by atoms with Crippen LogP contribution in [0.2, 0.25) is 4.28 Å². The summed E-state index contributed by atoms with van der Waals surface area (Å²) >= 11 is 7.62. The normalized spacial score (nSPS) is 10.7. The molecule has 0 nitrogen and oxygen atoms in total. The summed E-state index contributed by atoms with van der Waals surface area (Å²) in [5.74, 6) is 0. The minimum Gasteiger partial charge on any atom is -1.00 e.